The third-order valence-corrected chi connectivity index (χ3v) is 3.51. The lowest BCUT2D eigenvalue weighted by atomic mass is 10.1. The van der Waals surface area contributed by atoms with Gasteiger partial charge < -0.3 is 14.4 Å². The predicted octanol–water partition coefficient (Wildman–Crippen LogP) is 1.62. The lowest BCUT2D eigenvalue weighted by Crippen LogP contribution is -2.30. The average molecular weight is 260 g/mol. The summed E-state index contributed by atoms with van der Waals surface area (Å²) in [5.41, 5.74) is 3.62. The van der Waals surface area contributed by atoms with Crippen molar-refractivity contribution in [2.45, 2.75) is 26.1 Å². The molecule has 1 N–H and O–H groups in total. The summed E-state index contributed by atoms with van der Waals surface area (Å²) in [6.45, 7) is 3.76. The van der Waals surface area contributed by atoms with E-state index in [2.05, 4.69) is 40.1 Å². The van der Waals surface area contributed by atoms with E-state index in [0.717, 1.165) is 44.1 Å². The molecule has 19 heavy (non-hydrogen) atoms. The van der Waals surface area contributed by atoms with Crippen LogP contribution in [0.1, 0.15) is 22.7 Å². The zero-order chi connectivity index (χ0) is 13.2. The van der Waals surface area contributed by atoms with Crippen LogP contribution >= 0.6 is 0 Å². The van der Waals surface area contributed by atoms with Crippen molar-refractivity contribution < 1.29 is 4.52 Å². The summed E-state index contributed by atoms with van der Waals surface area (Å²) in [6, 6.07) is 4.17. The van der Waals surface area contributed by atoms with Crippen LogP contribution in [0, 0.1) is 0 Å². The molecule has 2 aromatic rings. The van der Waals surface area contributed by atoms with Crippen LogP contribution in [0.2, 0.25) is 0 Å². The average Bonchev–Trinajstić information content (AvgIpc) is 3.00. The van der Waals surface area contributed by atoms with Crippen molar-refractivity contribution in [2.24, 2.45) is 0 Å². The number of hydrogen-bond acceptors (Lipinski definition) is 4. The normalized spacial score (nSPS) is 15.9. The summed E-state index contributed by atoms with van der Waals surface area (Å²) in [4.78, 5) is 7.82. The zero-order valence-corrected chi connectivity index (χ0v) is 11.5. The fourth-order valence-electron chi connectivity index (χ4n) is 2.59. The summed E-state index contributed by atoms with van der Waals surface area (Å²) in [7, 11) is 4.11. The van der Waals surface area contributed by atoms with Gasteiger partial charge in [0.1, 0.15) is 11.5 Å². The van der Waals surface area contributed by atoms with E-state index in [1.165, 1.54) is 11.3 Å². The van der Waals surface area contributed by atoms with Crippen molar-refractivity contribution in [3.05, 3.63) is 41.0 Å². The lowest BCUT2D eigenvalue weighted by Gasteiger charge is -2.25. The van der Waals surface area contributed by atoms with Gasteiger partial charge in [-0.1, -0.05) is 5.16 Å². The molecule has 0 radical (unpaired) electrons. The number of hydrogen-bond donors (Lipinski definition) is 1. The van der Waals surface area contributed by atoms with Gasteiger partial charge in [-0.15, -0.1) is 0 Å². The first-order chi connectivity index (χ1) is 9.22. The molecule has 102 valence electrons. The minimum Gasteiger partial charge on any atom is -0.364 e. The van der Waals surface area contributed by atoms with Crippen LogP contribution in [0.5, 0.6) is 0 Å². The van der Waals surface area contributed by atoms with E-state index in [0.29, 0.717) is 0 Å². The van der Waals surface area contributed by atoms with Gasteiger partial charge in [0.2, 0.25) is 0 Å². The highest BCUT2D eigenvalue weighted by molar-refractivity contribution is 5.25. The summed E-state index contributed by atoms with van der Waals surface area (Å²) in [6.07, 6.45) is 2.93. The lowest BCUT2D eigenvalue weighted by molar-refractivity contribution is 0.226. The highest BCUT2D eigenvalue weighted by Crippen LogP contribution is 2.24. The molecule has 0 spiro atoms. The third kappa shape index (κ3) is 2.72. The summed E-state index contributed by atoms with van der Waals surface area (Å²) < 4.78 is 5.46. The summed E-state index contributed by atoms with van der Waals surface area (Å²) in [5, 5.41) is 4.22. The van der Waals surface area contributed by atoms with Crippen molar-refractivity contribution in [3.63, 3.8) is 0 Å². The van der Waals surface area contributed by atoms with Crippen LogP contribution in [-0.2, 0) is 26.1 Å². The second-order valence-electron chi connectivity index (χ2n) is 5.42. The molecule has 5 nitrogen and oxygen atoms in total. The molecule has 0 fully saturated rings. The first-order valence-corrected chi connectivity index (χ1v) is 6.68. The molecule has 2 aromatic heterocycles. The molecule has 0 atom stereocenters. The largest absolute Gasteiger partial charge is 0.364 e. The number of fused-ring (bicyclic) bond motifs is 1. The van der Waals surface area contributed by atoms with Crippen LogP contribution in [0.25, 0.3) is 0 Å². The molecule has 1 aliphatic heterocycles. The Morgan fingerprint density at radius 3 is 3.11 bits per heavy atom. The fraction of sp³-hybridized carbons (Fsp3) is 0.500. The van der Waals surface area contributed by atoms with Gasteiger partial charge in [0.05, 0.1) is 0 Å². The second kappa shape index (κ2) is 5.19. The quantitative estimate of drug-likeness (QED) is 0.907. The van der Waals surface area contributed by atoms with Crippen molar-refractivity contribution in [2.75, 3.05) is 20.6 Å². The molecule has 0 aromatic carbocycles. The molecule has 3 heterocycles. The number of aromatic nitrogens is 2. The monoisotopic (exact) mass is 260 g/mol. The topological polar surface area (TPSA) is 48.3 Å². The van der Waals surface area contributed by atoms with E-state index in [-0.39, 0.29) is 0 Å². The van der Waals surface area contributed by atoms with E-state index < -0.39 is 0 Å². The standard InChI is InChI=1S/C14H20N4O/c1-17(2)10-13-12-9-18(7-5-14(12)19-16-13)8-11-4-3-6-15-11/h3-4,6,15H,5,7-10H2,1-2H3. The molecule has 0 bridgehead atoms. The van der Waals surface area contributed by atoms with Crippen molar-refractivity contribution in [1.82, 2.24) is 19.9 Å². The first kappa shape index (κ1) is 12.4. The van der Waals surface area contributed by atoms with Gasteiger partial charge in [-0.25, -0.2) is 0 Å². The first-order valence-electron chi connectivity index (χ1n) is 6.68. The Kier molecular flexibility index (Phi) is 3.40. The van der Waals surface area contributed by atoms with Crippen LogP contribution in [0.3, 0.4) is 0 Å². The van der Waals surface area contributed by atoms with E-state index >= 15 is 0 Å². The van der Waals surface area contributed by atoms with Crippen molar-refractivity contribution in [3.8, 4) is 0 Å². The Labute approximate surface area is 113 Å². The minimum atomic E-state index is 0.842. The highest BCUT2D eigenvalue weighted by Gasteiger charge is 2.24. The van der Waals surface area contributed by atoms with E-state index in [9.17, 15) is 0 Å². The molecule has 1 aliphatic rings. The molecular formula is C14H20N4O. The summed E-state index contributed by atoms with van der Waals surface area (Å²) in [5.74, 6) is 1.07. The number of H-pyrrole nitrogens is 1. The van der Waals surface area contributed by atoms with Crippen LogP contribution < -0.4 is 0 Å². The van der Waals surface area contributed by atoms with Crippen molar-refractivity contribution >= 4 is 0 Å². The predicted molar refractivity (Wildman–Crippen MR) is 72.5 cm³/mol. The molecule has 0 unspecified atom stereocenters. The van der Waals surface area contributed by atoms with Gasteiger partial charge in [0, 0.05) is 50.1 Å². The Balaban J connectivity index is 1.73. The maximum absolute atomic E-state index is 5.46. The maximum atomic E-state index is 5.46. The highest BCUT2D eigenvalue weighted by atomic mass is 16.5. The zero-order valence-electron chi connectivity index (χ0n) is 11.5. The van der Waals surface area contributed by atoms with Crippen LogP contribution in [0.15, 0.2) is 22.9 Å². The Morgan fingerprint density at radius 2 is 2.37 bits per heavy atom. The number of rotatable bonds is 4. The molecular weight excluding hydrogens is 240 g/mol. The van der Waals surface area contributed by atoms with Crippen LogP contribution in [0.4, 0.5) is 0 Å². The SMILES string of the molecule is CN(C)Cc1noc2c1CN(Cc1ccc[nH]1)CC2. The van der Waals surface area contributed by atoms with E-state index in [4.69, 9.17) is 4.52 Å². The Hall–Kier alpha value is -1.59. The van der Waals surface area contributed by atoms with Crippen molar-refractivity contribution in [1.29, 1.82) is 0 Å². The molecule has 5 heteroatoms. The smallest absolute Gasteiger partial charge is 0.142 e. The number of nitrogens with zero attached hydrogens (tertiary/aromatic N) is 3. The van der Waals surface area contributed by atoms with Gasteiger partial charge in [0.15, 0.2) is 0 Å². The van der Waals surface area contributed by atoms with Gasteiger partial charge in [0.25, 0.3) is 0 Å². The van der Waals surface area contributed by atoms with Gasteiger partial charge in [-0.3, -0.25) is 4.90 Å². The van der Waals surface area contributed by atoms with Gasteiger partial charge in [-0.05, 0) is 26.2 Å². The van der Waals surface area contributed by atoms with Gasteiger partial charge >= 0.3 is 0 Å². The van der Waals surface area contributed by atoms with E-state index in [1.807, 2.05) is 12.3 Å². The second-order valence-corrected chi connectivity index (χ2v) is 5.42. The molecule has 0 saturated carbocycles. The molecule has 3 rings (SSSR count). The maximum Gasteiger partial charge on any atom is 0.142 e. The van der Waals surface area contributed by atoms with E-state index in [1.54, 1.807) is 0 Å². The van der Waals surface area contributed by atoms with Crippen LogP contribution in [-0.4, -0.2) is 40.6 Å². The fourth-order valence-corrected chi connectivity index (χ4v) is 2.59. The Morgan fingerprint density at radius 1 is 1.47 bits per heavy atom. The summed E-state index contributed by atoms with van der Waals surface area (Å²) >= 11 is 0. The number of nitrogens with one attached hydrogen (secondary N) is 1. The van der Waals surface area contributed by atoms with Gasteiger partial charge in [-0.2, -0.15) is 0 Å². The Bertz CT molecular complexity index is 530. The molecule has 0 aliphatic carbocycles. The number of aromatic amines is 1. The minimum absolute atomic E-state index is 0.842. The third-order valence-electron chi connectivity index (χ3n) is 3.51. The molecule has 0 saturated heterocycles. The molecule has 0 amide bonds.